The third kappa shape index (κ3) is 2.09. The summed E-state index contributed by atoms with van der Waals surface area (Å²) in [5.41, 5.74) is 2.78. The molecule has 1 atom stereocenters. The smallest absolute Gasteiger partial charge is 0.220 e. The molecule has 3 rings (SSSR count). The monoisotopic (exact) mass is 269 g/mol. The molecule has 0 saturated carbocycles. The molecule has 0 bridgehead atoms. The van der Waals surface area contributed by atoms with Gasteiger partial charge in [0.15, 0.2) is 0 Å². The molecule has 1 unspecified atom stereocenters. The lowest BCUT2D eigenvalue weighted by molar-refractivity contribution is -0.130. The quantitative estimate of drug-likeness (QED) is 0.777. The van der Waals surface area contributed by atoms with Crippen molar-refractivity contribution in [3.63, 3.8) is 0 Å². The summed E-state index contributed by atoms with van der Waals surface area (Å²) in [7, 11) is 0. The fraction of sp³-hybridized carbons (Fsp3) is 0.235. The summed E-state index contributed by atoms with van der Waals surface area (Å²) in [5.74, 6) is -0.284. The van der Waals surface area contributed by atoms with Crippen LogP contribution >= 0.6 is 0 Å². The molecule has 0 fully saturated rings. The van der Waals surface area contributed by atoms with E-state index >= 15 is 0 Å². The van der Waals surface area contributed by atoms with Crippen LogP contribution in [0.1, 0.15) is 29.7 Å². The molecule has 2 aromatic carbocycles. The zero-order valence-electron chi connectivity index (χ0n) is 11.3. The zero-order valence-corrected chi connectivity index (χ0v) is 11.3. The van der Waals surface area contributed by atoms with Gasteiger partial charge in [-0.15, -0.1) is 0 Å². The molecule has 3 heteroatoms. The van der Waals surface area contributed by atoms with Crippen LogP contribution < -0.4 is 0 Å². The number of carbonyl (C=O) groups is 1. The highest BCUT2D eigenvalue weighted by Crippen LogP contribution is 2.36. The number of rotatable bonds is 1. The first-order valence-electron chi connectivity index (χ1n) is 6.78. The number of fused-ring (bicyclic) bond motifs is 1. The van der Waals surface area contributed by atoms with Gasteiger partial charge in [-0.1, -0.05) is 42.5 Å². The predicted molar refractivity (Wildman–Crippen MR) is 75.8 cm³/mol. The zero-order chi connectivity index (χ0) is 14.1. The van der Waals surface area contributed by atoms with Crippen molar-refractivity contribution in [2.75, 3.05) is 6.54 Å². The standard InChI is InChI=1S/C17H16FNO/c1-12(20)19-11-10-13-6-2-3-7-14(13)17(19)15-8-4-5-9-16(15)18/h2-9,17H,10-11H2,1H3. The molecule has 0 aliphatic carbocycles. The van der Waals surface area contributed by atoms with E-state index in [1.807, 2.05) is 24.3 Å². The van der Waals surface area contributed by atoms with E-state index < -0.39 is 0 Å². The highest BCUT2D eigenvalue weighted by atomic mass is 19.1. The van der Waals surface area contributed by atoms with E-state index in [4.69, 9.17) is 0 Å². The molecule has 2 nitrogen and oxygen atoms in total. The van der Waals surface area contributed by atoms with Crippen molar-refractivity contribution in [3.8, 4) is 0 Å². The van der Waals surface area contributed by atoms with Crippen LogP contribution in [0, 0.1) is 5.82 Å². The van der Waals surface area contributed by atoms with Crippen molar-refractivity contribution < 1.29 is 9.18 Å². The third-order valence-electron chi connectivity index (χ3n) is 3.89. The summed E-state index contributed by atoms with van der Waals surface area (Å²) in [6, 6.07) is 14.3. The number of hydrogen-bond donors (Lipinski definition) is 0. The van der Waals surface area contributed by atoms with Crippen molar-refractivity contribution in [3.05, 3.63) is 71.0 Å². The van der Waals surface area contributed by atoms with E-state index in [1.54, 1.807) is 24.0 Å². The predicted octanol–water partition coefficient (Wildman–Crippen LogP) is 3.32. The van der Waals surface area contributed by atoms with Crippen molar-refractivity contribution >= 4 is 5.91 Å². The summed E-state index contributed by atoms with van der Waals surface area (Å²) in [5, 5.41) is 0. The summed E-state index contributed by atoms with van der Waals surface area (Å²) in [6.45, 7) is 2.17. The molecular formula is C17H16FNO. The van der Waals surface area contributed by atoms with E-state index in [9.17, 15) is 9.18 Å². The van der Waals surface area contributed by atoms with Gasteiger partial charge in [0.05, 0.1) is 6.04 Å². The maximum atomic E-state index is 14.2. The van der Waals surface area contributed by atoms with Crippen LogP contribution in [0.5, 0.6) is 0 Å². The number of carbonyl (C=O) groups excluding carboxylic acids is 1. The molecule has 0 N–H and O–H groups in total. The molecule has 0 spiro atoms. The van der Waals surface area contributed by atoms with Crippen molar-refractivity contribution in [1.82, 2.24) is 4.90 Å². The van der Waals surface area contributed by atoms with Gasteiger partial charge in [-0.2, -0.15) is 0 Å². The van der Waals surface area contributed by atoms with Gasteiger partial charge in [-0.3, -0.25) is 4.79 Å². The SMILES string of the molecule is CC(=O)N1CCc2ccccc2C1c1ccccc1F. The number of nitrogens with zero attached hydrogens (tertiary/aromatic N) is 1. The van der Waals surface area contributed by atoms with Gasteiger partial charge in [0, 0.05) is 19.0 Å². The Kier molecular flexibility index (Phi) is 3.26. The average molecular weight is 269 g/mol. The molecule has 0 aromatic heterocycles. The normalized spacial score (nSPS) is 17.7. The van der Waals surface area contributed by atoms with Gasteiger partial charge in [0.2, 0.25) is 5.91 Å². The Morgan fingerprint density at radius 1 is 1.10 bits per heavy atom. The van der Waals surface area contributed by atoms with E-state index in [0.29, 0.717) is 12.1 Å². The third-order valence-corrected chi connectivity index (χ3v) is 3.89. The second-order valence-electron chi connectivity index (χ2n) is 5.09. The lowest BCUT2D eigenvalue weighted by atomic mass is 9.88. The van der Waals surface area contributed by atoms with Gasteiger partial charge in [-0.25, -0.2) is 4.39 Å². The molecule has 1 aliphatic rings. The molecule has 102 valence electrons. The van der Waals surface area contributed by atoms with Crippen LogP contribution in [0.3, 0.4) is 0 Å². The first-order valence-corrected chi connectivity index (χ1v) is 6.78. The fourth-order valence-corrected chi connectivity index (χ4v) is 2.94. The van der Waals surface area contributed by atoms with Gasteiger partial charge in [0.25, 0.3) is 0 Å². The lowest BCUT2D eigenvalue weighted by Crippen LogP contribution is -2.39. The second kappa shape index (κ2) is 5.08. The summed E-state index contributed by atoms with van der Waals surface area (Å²) < 4.78 is 14.2. The van der Waals surface area contributed by atoms with E-state index in [2.05, 4.69) is 6.07 Å². The Bertz CT molecular complexity index is 653. The van der Waals surface area contributed by atoms with Gasteiger partial charge in [-0.05, 0) is 23.6 Å². The van der Waals surface area contributed by atoms with Crippen LogP contribution in [0.25, 0.3) is 0 Å². The Labute approximate surface area is 117 Å². The van der Waals surface area contributed by atoms with Crippen molar-refractivity contribution in [2.24, 2.45) is 0 Å². The first-order chi connectivity index (χ1) is 9.68. The number of benzene rings is 2. The number of amides is 1. The van der Waals surface area contributed by atoms with Gasteiger partial charge in [0.1, 0.15) is 5.82 Å². The summed E-state index contributed by atoms with van der Waals surface area (Å²) in [6.07, 6.45) is 0.820. The largest absolute Gasteiger partial charge is 0.331 e. The molecule has 1 heterocycles. The topological polar surface area (TPSA) is 20.3 Å². The molecule has 2 aromatic rings. The van der Waals surface area contributed by atoms with Crippen molar-refractivity contribution in [1.29, 1.82) is 0 Å². The molecule has 1 amide bonds. The molecule has 20 heavy (non-hydrogen) atoms. The molecule has 0 radical (unpaired) electrons. The molecular weight excluding hydrogens is 253 g/mol. The molecule has 1 aliphatic heterocycles. The van der Waals surface area contributed by atoms with E-state index in [0.717, 1.165) is 12.0 Å². The number of halogens is 1. The second-order valence-corrected chi connectivity index (χ2v) is 5.09. The van der Waals surface area contributed by atoms with Gasteiger partial charge >= 0.3 is 0 Å². The Morgan fingerprint density at radius 3 is 2.45 bits per heavy atom. The Balaban J connectivity index is 2.17. The maximum absolute atomic E-state index is 14.2. The number of hydrogen-bond acceptors (Lipinski definition) is 1. The van der Waals surface area contributed by atoms with Crippen LogP contribution in [0.2, 0.25) is 0 Å². The summed E-state index contributed by atoms with van der Waals surface area (Å²) in [4.78, 5) is 13.7. The minimum atomic E-state index is -0.321. The fourth-order valence-electron chi connectivity index (χ4n) is 2.94. The average Bonchev–Trinajstić information content (AvgIpc) is 2.46. The van der Waals surface area contributed by atoms with Crippen molar-refractivity contribution in [2.45, 2.75) is 19.4 Å². The maximum Gasteiger partial charge on any atom is 0.220 e. The van der Waals surface area contributed by atoms with Gasteiger partial charge < -0.3 is 4.90 Å². The highest BCUT2D eigenvalue weighted by Gasteiger charge is 2.31. The Hall–Kier alpha value is -2.16. The minimum Gasteiger partial charge on any atom is -0.331 e. The van der Waals surface area contributed by atoms with E-state index in [-0.39, 0.29) is 17.8 Å². The van der Waals surface area contributed by atoms with Crippen LogP contribution in [-0.4, -0.2) is 17.4 Å². The highest BCUT2D eigenvalue weighted by molar-refractivity contribution is 5.75. The Morgan fingerprint density at radius 2 is 1.75 bits per heavy atom. The summed E-state index contributed by atoms with van der Waals surface area (Å²) >= 11 is 0. The van der Waals surface area contributed by atoms with Crippen LogP contribution in [0.4, 0.5) is 4.39 Å². The lowest BCUT2D eigenvalue weighted by Gasteiger charge is -2.37. The van der Waals surface area contributed by atoms with Crippen LogP contribution in [-0.2, 0) is 11.2 Å². The molecule has 0 saturated heterocycles. The first kappa shape index (κ1) is 12.9. The van der Waals surface area contributed by atoms with E-state index in [1.165, 1.54) is 11.6 Å². The van der Waals surface area contributed by atoms with Crippen LogP contribution in [0.15, 0.2) is 48.5 Å². The minimum absolute atomic E-state index is 0.0206.